The molecule has 1 heterocycles. The molecule has 0 radical (unpaired) electrons. The van der Waals surface area contributed by atoms with E-state index in [4.69, 9.17) is 17.1 Å². The number of hydrogen-bond acceptors (Lipinski definition) is 4. The Kier molecular flexibility index (Phi) is 3.91. The molecule has 4 nitrogen and oxygen atoms in total. The van der Waals surface area contributed by atoms with E-state index in [0.29, 0.717) is 16.5 Å². The van der Waals surface area contributed by atoms with Crippen molar-refractivity contribution >= 4 is 33.1 Å². The molecule has 1 aromatic rings. The maximum atomic E-state index is 5.17. The SMILES string of the molecule is CON(C)C(=S)c1nc(C)ncc1Br. The number of thiocarbonyl (C=S) groups is 1. The predicted octanol–water partition coefficient (Wildman–Crippen LogP) is 1.72. The Hall–Kier alpha value is -0.590. The summed E-state index contributed by atoms with van der Waals surface area (Å²) in [5.74, 6) is 0.676. The maximum Gasteiger partial charge on any atom is 0.153 e. The van der Waals surface area contributed by atoms with Gasteiger partial charge in [0.05, 0.1) is 11.6 Å². The Balaban J connectivity index is 3.06. The molecule has 0 N–H and O–H groups in total. The highest BCUT2D eigenvalue weighted by atomic mass is 79.9. The summed E-state index contributed by atoms with van der Waals surface area (Å²) in [5, 5.41) is 1.47. The molecule has 0 unspecified atom stereocenters. The van der Waals surface area contributed by atoms with Crippen LogP contribution in [-0.4, -0.2) is 34.2 Å². The predicted molar refractivity (Wildman–Crippen MR) is 60.9 cm³/mol. The number of aryl methyl sites for hydroxylation is 1. The molecule has 1 rings (SSSR count). The third-order valence-electron chi connectivity index (χ3n) is 1.63. The van der Waals surface area contributed by atoms with Gasteiger partial charge in [-0.3, -0.25) is 4.84 Å². The van der Waals surface area contributed by atoms with Crippen LogP contribution in [0.4, 0.5) is 0 Å². The van der Waals surface area contributed by atoms with Gasteiger partial charge in [0.1, 0.15) is 11.5 Å². The zero-order valence-corrected chi connectivity index (χ0v) is 10.5. The summed E-state index contributed by atoms with van der Waals surface area (Å²) >= 11 is 8.50. The molecular formula is C8H10BrN3OS. The molecule has 6 heteroatoms. The van der Waals surface area contributed by atoms with E-state index in [0.717, 1.165) is 4.47 Å². The first-order chi connectivity index (χ1) is 6.56. The van der Waals surface area contributed by atoms with Gasteiger partial charge in [0.2, 0.25) is 0 Å². The quantitative estimate of drug-likeness (QED) is 0.607. The molecule has 0 fully saturated rings. The summed E-state index contributed by atoms with van der Waals surface area (Å²) in [6.45, 7) is 1.81. The highest BCUT2D eigenvalue weighted by Crippen LogP contribution is 2.15. The lowest BCUT2D eigenvalue weighted by molar-refractivity contribution is -0.0387. The Bertz CT molecular complexity index is 358. The van der Waals surface area contributed by atoms with Crippen molar-refractivity contribution in [2.24, 2.45) is 0 Å². The number of hydroxylamine groups is 2. The lowest BCUT2D eigenvalue weighted by atomic mass is 10.4. The first kappa shape index (κ1) is 11.5. The average Bonchev–Trinajstić information content (AvgIpc) is 2.19. The highest BCUT2D eigenvalue weighted by molar-refractivity contribution is 9.10. The molecule has 0 bridgehead atoms. The van der Waals surface area contributed by atoms with Crippen molar-refractivity contribution < 1.29 is 4.84 Å². The number of hydrogen-bond donors (Lipinski definition) is 0. The molecule has 0 aliphatic heterocycles. The van der Waals surface area contributed by atoms with Crippen molar-refractivity contribution in [2.75, 3.05) is 14.2 Å². The molecule has 0 aliphatic rings. The minimum Gasteiger partial charge on any atom is -0.276 e. The zero-order chi connectivity index (χ0) is 10.7. The largest absolute Gasteiger partial charge is 0.276 e. The monoisotopic (exact) mass is 275 g/mol. The van der Waals surface area contributed by atoms with Crippen LogP contribution in [0.25, 0.3) is 0 Å². The van der Waals surface area contributed by atoms with Crippen LogP contribution in [-0.2, 0) is 4.84 Å². The number of rotatable bonds is 2. The summed E-state index contributed by atoms with van der Waals surface area (Å²) in [5.41, 5.74) is 0.664. The van der Waals surface area contributed by atoms with Crippen LogP contribution >= 0.6 is 28.1 Å². The third-order valence-corrected chi connectivity index (χ3v) is 2.66. The topological polar surface area (TPSA) is 38.2 Å². The lowest BCUT2D eigenvalue weighted by Gasteiger charge is -2.16. The maximum absolute atomic E-state index is 5.17. The summed E-state index contributed by atoms with van der Waals surface area (Å²) in [7, 11) is 3.28. The van der Waals surface area contributed by atoms with E-state index in [2.05, 4.69) is 25.9 Å². The lowest BCUT2D eigenvalue weighted by Crippen LogP contribution is -2.26. The standard InChI is InChI=1S/C8H10BrN3OS/c1-5-10-4-6(9)7(11-5)8(14)12(2)13-3/h4H,1-3H3. The molecule has 0 aliphatic carbocycles. The second-order valence-electron chi connectivity index (χ2n) is 2.60. The third kappa shape index (κ3) is 2.46. The van der Waals surface area contributed by atoms with Crippen LogP contribution in [0.5, 0.6) is 0 Å². The van der Waals surface area contributed by atoms with E-state index in [9.17, 15) is 0 Å². The first-order valence-corrected chi connectivity index (χ1v) is 5.07. The average molecular weight is 276 g/mol. The summed E-state index contributed by atoms with van der Waals surface area (Å²) in [6.07, 6.45) is 1.67. The number of nitrogens with zero attached hydrogens (tertiary/aromatic N) is 3. The smallest absolute Gasteiger partial charge is 0.153 e. The summed E-state index contributed by atoms with van der Waals surface area (Å²) < 4.78 is 0.761. The fraction of sp³-hybridized carbons (Fsp3) is 0.375. The molecule has 0 saturated heterocycles. The summed E-state index contributed by atoms with van der Waals surface area (Å²) in [6, 6.07) is 0. The van der Waals surface area contributed by atoms with Crippen molar-refractivity contribution in [3.8, 4) is 0 Å². The minimum absolute atomic E-state index is 0.518. The van der Waals surface area contributed by atoms with Crippen molar-refractivity contribution in [3.63, 3.8) is 0 Å². The van der Waals surface area contributed by atoms with E-state index >= 15 is 0 Å². The van der Waals surface area contributed by atoms with E-state index in [1.165, 1.54) is 5.06 Å². The minimum atomic E-state index is 0.518. The Morgan fingerprint density at radius 1 is 1.64 bits per heavy atom. The van der Waals surface area contributed by atoms with Crippen LogP contribution in [0.1, 0.15) is 11.5 Å². The Morgan fingerprint density at radius 2 is 2.29 bits per heavy atom. The molecule has 0 spiro atoms. The number of halogens is 1. The van der Waals surface area contributed by atoms with Gasteiger partial charge < -0.3 is 0 Å². The van der Waals surface area contributed by atoms with Gasteiger partial charge in [-0.1, -0.05) is 12.2 Å². The number of aromatic nitrogens is 2. The van der Waals surface area contributed by atoms with Gasteiger partial charge in [0.15, 0.2) is 4.99 Å². The molecule has 0 saturated carbocycles. The van der Waals surface area contributed by atoms with Gasteiger partial charge in [-0.25, -0.2) is 15.0 Å². The van der Waals surface area contributed by atoms with E-state index in [1.807, 2.05) is 6.92 Å². The molecule has 0 atom stereocenters. The normalized spacial score (nSPS) is 10.0. The first-order valence-electron chi connectivity index (χ1n) is 3.87. The Labute approximate surface area is 96.4 Å². The van der Waals surface area contributed by atoms with Crippen LogP contribution in [0.3, 0.4) is 0 Å². The van der Waals surface area contributed by atoms with Gasteiger partial charge >= 0.3 is 0 Å². The van der Waals surface area contributed by atoms with Gasteiger partial charge in [0, 0.05) is 13.2 Å². The van der Waals surface area contributed by atoms with Gasteiger partial charge in [-0.2, -0.15) is 0 Å². The van der Waals surface area contributed by atoms with Gasteiger partial charge in [-0.15, -0.1) is 0 Å². The van der Waals surface area contributed by atoms with Gasteiger partial charge in [0.25, 0.3) is 0 Å². The second kappa shape index (κ2) is 4.77. The van der Waals surface area contributed by atoms with Crippen LogP contribution < -0.4 is 0 Å². The van der Waals surface area contributed by atoms with Crippen LogP contribution in [0.2, 0.25) is 0 Å². The van der Waals surface area contributed by atoms with Crippen molar-refractivity contribution in [3.05, 3.63) is 22.2 Å². The Morgan fingerprint density at radius 3 is 2.86 bits per heavy atom. The van der Waals surface area contributed by atoms with E-state index in [1.54, 1.807) is 20.4 Å². The molecule has 0 aromatic carbocycles. The molecular weight excluding hydrogens is 266 g/mol. The molecule has 76 valence electrons. The fourth-order valence-corrected chi connectivity index (χ4v) is 1.58. The van der Waals surface area contributed by atoms with Crippen molar-refractivity contribution in [1.29, 1.82) is 0 Å². The van der Waals surface area contributed by atoms with Crippen LogP contribution in [0, 0.1) is 6.92 Å². The van der Waals surface area contributed by atoms with Gasteiger partial charge in [-0.05, 0) is 22.9 Å². The molecule has 14 heavy (non-hydrogen) atoms. The highest BCUT2D eigenvalue weighted by Gasteiger charge is 2.12. The molecule has 0 amide bonds. The zero-order valence-electron chi connectivity index (χ0n) is 8.11. The van der Waals surface area contributed by atoms with Crippen molar-refractivity contribution in [2.45, 2.75) is 6.92 Å². The van der Waals surface area contributed by atoms with E-state index < -0.39 is 0 Å². The van der Waals surface area contributed by atoms with Crippen LogP contribution in [0.15, 0.2) is 10.7 Å². The summed E-state index contributed by atoms with van der Waals surface area (Å²) in [4.78, 5) is 13.7. The second-order valence-corrected chi connectivity index (χ2v) is 3.84. The fourth-order valence-electron chi connectivity index (χ4n) is 0.837. The molecule has 1 aromatic heterocycles. The van der Waals surface area contributed by atoms with E-state index in [-0.39, 0.29) is 0 Å². The van der Waals surface area contributed by atoms with Crippen molar-refractivity contribution in [1.82, 2.24) is 15.0 Å².